The zero-order valence-electron chi connectivity index (χ0n) is 24.4. The van der Waals surface area contributed by atoms with Crippen LogP contribution < -0.4 is 15.4 Å². The van der Waals surface area contributed by atoms with Crippen LogP contribution in [0.3, 0.4) is 0 Å². The van der Waals surface area contributed by atoms with Gasteiger partial charge in [0.2, 0.25) is 11.8 Å². The number of aryl methyl sites for hydroxylation is 4. The molecule has 1 aliphatic carbocycles. The summed E-state index contributed by atoms with van der Waals surface area (Å²) in [5, 5.41) is 27.8. The lowest BCUT2D eigenvalue weighted by atomic mass is 9.61. The Labute approximate surface area is 240 Å². The minimum atomic E-state index is -1.76. The van der Waals surface area contributed by atoms with E-state index in [9.17, 15) is 24.6 Å². The van der Waals surface area contributed by atoms with Crippen LogP contribution in [0.4, 0.5) is 11.4 Å². The molecule has 8 nitrogen and oxygen atoms in total. The van der Waals surface area contributed by atoms with Gasteiger partial charge in [-0.25, -0.2) is 0 Å². The maximum Gasteiger partial charge on any atom is 0.235 e. The summed E-state index contributed by atoms with van der Waals surface area (Å²) in [6.45, 7) is 11.1. The Kier molecular flexibility index (Phi) is 8.54. The highest BCUT2D eigenvalue weighted by atomic mass is 16.5. The fraction of sp³-hybridized carbons (Fsp3) is 0.364. The molecule has 2 amide bonds. The number of aromatic hydroxyl groups is 1. The van der Waals surface area contributed by atoms with Gasteiger partial charge in [-0.1, -0.05) is 41.5 Å². The summed E-state index contributed by atoms with van der Waals surface area (Å²) in [4.78, 5) is 41.5. The van der Waals surface area contributed by atoms with Crippen molar-refractivity contribution in [1.29, 1.82) is 0 Å². The standard InChI is InChI=1S/C33H38N2O6/c1-7-41-27-16-22(10-13-25(27)36)28-29(31(38)34-23-11-8-18(2)14-20(23)4)26(37)17-33(6,40)30(28)32(39)35-24-12-9-19(3)15-21(24)5/h8-16,28-30,36,40H,7,17H2,1-6H3,(H,34,38)(H,35,39). The maximum absolute atomic E-state index is 14.0. The molecular formula is C33H38N2O6. The van der Waals surface area contributed by atoms with Gasteiger partial charge in [-0.3, -0.25) is 14.4 Å². The Morgan fingerprint density at radius 1 is 0.902 bits per heavy atom. The van der Waals surface area contributed by atoms with Crippen LogP contribution in [0.2, 0.25) is 0 Å². The molecule has 216 valence electrons. The van der Waals surface area contributed by atoms with Crippen molar-refractivity contribution in [2.75, 3.05) is 17.2 Å². The Morgan fingerprint density at radius 3 is 2.00 bits per heavy atom. The minimum Gasteiger partial charge on any atom is -0.504 e. The number of aliphatic hydroxyl groups is 1. The van der Waals surface area contributed by atoms with Crippen LogP contribution in [0.15, 0.2) is 54.6 Å². The molecule has 1 aliphatic rings. The Balaban J connectivity index is 1.83. The lowest BCUT2D eigenvalue weighted by molar-refractivity contribution is -0.150. The number of ketones is 1. The van der Waals surface area contributed by atoms with Gasteiger partial charge in [0.05, 0.1) is 18.1 Å². The van der Waals surface area contributed by atoms with Gasteiger partial charge in [0.15, 0.2) is 11.5 Å². The lowest BCUT2D eigenvalue weighted by Crippen LogP contribution is -2.56. The van der Waals surface area contributed by atoms with Crippen molar-refractivity contribution in [3.63, 3.8) is 0 Å². The van der Waals surface area contributed by atoms with E-state index in [4.69, 9.17) is 4.74 Å². The van der Waals surface area contributed by atoms with Gasteiger partial charge in [-0.2, -0.15) is 0 Å². The third-order valence-corrected chi connectivity index (χ3v) is 7.78. The summed E-state index contributed by atoms with van der Waals surface area (Å²) < 4.78 is 5.58. The van der Waals surface area contributed by atoms with E-state index in [2.05, 4.69) is 10.6 Å². The van der Waals surface area contributed by atoms with Gasteiger partial charge in [-0.05, 0) is 82.5 Å². The summed E-state index contributed by atoms with van der Waals surface area (Å²) in [5.41, 5.74) is 3.52. The molecule has 0 radical (unpaired) electrons. The molecule has 41 heavy (non-hydrogen) atoms. The van der Waals surface area contributed by atoms with Crippen molar-refractivity contribution in [2.45, 2.75) is 59.5 Å². The molecule has 4 N–H and O–H groups in total. The number of carbonyl (C=O) groups is 3. The second-order valence-electron chi connectivity index (χ2n) is 11.3. The van der Waals surface area contributed by atoms with Crippen LogP contribution in [0.25, 0.3) is 0 Å². The zero-order chi connectivity index (χ0) is 30.1. The van der Waals surface area contributed by atoms with Gasteiger partial charge in [-0.15, -0.1) is 0 Å². The van der Waals surface area contributed by atoms with E-state index in [-0.39, 0.29) is 24.5 Å². The molecule has 3 aromatic carbocycles. The first kappa shape index (κ1) is 29.8. The number of anilines is 2. The average molecular weight is 559 g/mol. The highest BCUT2D eigenvalue weighted by Gasteiger charge is 2.56. The maximum atomic E-state index is 14.0. The second-order valence-corrected chi connectivity index (χ2v) is 11.3. The molecule has 0 heterocycles. The van der Waals surface area contributed by atoms with E-state index < -0.39 is 41.0 Å². The zero-order valence-corrected chi connectivity index (χ0v) is 24.4. The molecule has 0 saturated heterocycles. The number of nitrogens with one attached hydrogen (secondary N) is 2. The highest BCUT2D eigenvalue weighted by Crippen LogP contribution is 2.48. The smallest absolute Gasteiger partial charge is 0.235 e. The van der Waals surface area contributed by atoms with Gasteiger partial charge in [0.1, 0.15) is 11.7 Å². The lowest BCUT2D eigenvalue weighted by Gasteiger charge is -2.44. The summed E-state index contributed by atoms with van der Waals surface area (Å²) in [5.74, 6) is -5.06. The minimum absolute atomic E-state index is 0.114. The molecule has 1 fully saturated rings. The molecule has 0 spiro atoms. The highest BCUT2D eigenvalue weighted by molar-refractivity contribution is 6.10. The first-order chi connectivity index (χ1) is 19.3. The predicted octanol–water partition coefficient (Wildman–Crippen LogP) is 5.34. The molecule has 1 saturated carbocycles. The number of phenolic OH excluding ortho intramolecular Hbond substituents is 1. The van der Waals surface area contributed by atoms with E-state index in [0.717, 1.165) is 22.3 Å². The Morgan fingerprint density at radius 2 is 1.46 bits per heavy atom. The van der Waals surface area contributed by atoms with Crippen molar-refractivity contribution < 1.29 is 29.3 Å². The first-order valence-electron chi connectivity index (χ1n) is 13.8. The first-order valence-corrected chi connectivity index (χ1v) is 13.8. The second kappa shape index (κ2) is 11.7. The molecule has 4 atom stereocenters. The fourth-order valence-corrected chi connectivity index (χ4v) is 5.83. The van der Waals surface area contributed by atoms with Gasteiger partial charge in [0, 0.05) is 23.7 Å². The molecule has 3 aromatic rings. The molecule has 4 rings (SSSR count). The molecule has 0 bridgehead atoms. The van der Waals surface area contributed by atoms with Crippen LogP contribution in [-0.4, -0.2) is 40.0 Å². The summed E-state index contributed by atoms with van der Waals surface area (Å²) in [6, 6.07) is 15.7. The van der Waals surface area contributed by atoms with E-state index in [0.29, 0.717) is 16.9 Å². The number of Topliss-reactive ketones (excluding diaryl/α,β-unsaturated/α-hetero) is 1. The molecule has 0 aliphatic heterocycles. The molecule has 4 unspecified atom stereocenters. The number of ether oxygens (including phenoxy) is 1. The van der Waals surface area contributed by atoms with Crippen molar-refractivity contribution in [1.82, 2.24) is 0 Å². The largest absolute Gasteiger partial charge is 0.504 e. The SMILES string of the molecule is CCOc1cc(C2C(C(=O)Nc3ccc(C)cc3C)C(=O)CC(C)(O)C2C(=O)Nc2ccc(C)cc2C)ccc1O. The Bertz CT molecular complexity index is 1500. The van der Waals surface area contributed by atoms with Crippen molar-refractivity contribution in [3.05, 3.63) is 82.4 Å². The quantitative estimate of drug-likeness (QED) is 0.290. The van der Waals surface area contributed by atoms with Crippen molar-refractivity contribution >= 4 is 29.0 Å². The number of benzene rings is 3. The topological polar surface area (TPSA) is 125 Å². The van der Waals surface area contributed by atoms with Crippen molar-refractivity contribution in [3.8, 4) is 11.5 Å². The van der Waals surface area contributed by atoms with Crippen LogP contribution in [-0.2, 0) is 14.4 Å². The van der Waals surface area contributed by atoms with Crippen LogP contribution in [0.1, 0.15) is 54.0 Å². The van der Waals surface area contributed by atoms with Gasteiger partial charge >= 0.3 is 0 Å². The van der Waals surface area contributed by atoms with E-state index in [1.807, 2.05) is 52.0 Å². The number of amides is 2. The summed E-state index contributed by atoms with van der Waals surface area (Å²) in [7, 11) is 0. The van der Waals surface area contributed by atoms with Gasteiger partial charge < -0.3 is 25.6 Å². The van der Waals surface area contributed by atoms with Gasteiger partial charge in [0.25, 0.3) is 0 Å². The van der Waals surface area contributed by atoms with Crippen LogP contribution in [0, 0.1) is 39.5 Å². The monoisotopic (exact) mass is 558 g/mol. The number of hydrogen-bond acceptors (Lipinski definition) is 6. The number of hydrogen-bond donors (Lipinski definition) is 4. The fourth-order valence-electron chi connectivity index (χ4n) is 5.83. The molecule has 8 heteroatoms. The number of rotatable bonds is 7. The number of phenols is 1. The van der Waals surface area contributed by atoms with E-state index in [1.54, 1.807) is 25.1 Å². The molecule has 0 aromatic heterocycles. The normalized spacial score (nSPS) is 22.2. The summed E-state index contributed by atoms with van der Waals surface area (Å²) in [6.07, 6.45) is -0.379. The Hall–Kier alpha value is -4.17. The third-order valence-electron chi connectivity index (χ3n) is 7.78. The van der Waals surface area contributed by atoms with Crippen molar-refractivity contribution in [2.24, 2.45) is 11.8 Å². The molecular weight excluding hydrogens is 520 g/mol. The van der Waals surface area contributed by atoms with Crippen LogP contribution in [0.5, 0.6) is 11.5 Å². The summed E-state index contributed by atoms with van der Waals surface area (Å²) >= 11 is 0. The number of carbonyl (C=O) groups excluding carboxylic acids is 3. The van der Waals surface area contributed by atoms with E-state index in [1.165, 1.54) is 19.1 Å². The van der Waals surface area contributed by atoms with Crippen LogP contribution >= 0.6 is 0 Å². The predicted molar refractivity (Wildman–Crippen MR) is 158 cm³/mol. The van der Waals surface area contributed by atoms with E-state index >= 15 is 0 Å². The average Bonchev–Trinajstić information content (AvgIpc) is 2.87. The third kappa shape index (κ3) is 6.28.